The summed E-state index contributed by atoms with van der Waals surface area (Å²) in [6, 6.07) is 6.14. The summed E-state index contributed by atoms with van der Waals surface area (Å²) in [4.78, 5) is 15.2. The lowest BCUT2D eigenvalue weighted by atomic mass is 9.78. The second kappa shape index (κ2) is 7.29. The van der Waals surface area contributed by atoms with Crippen molar-refractivity contribution in [3.05, 3.63) is 52.8 Å². The molecule has 0 aliphatic carbocycles. The molecule has 0 N–H and O–H groups in total. The summed E-state index contributed by atoms with van der Waals surface area (Å²) in [7, 11) is 0. The van der Waals surface area contributed by atoms with Gasteiger partial charge in [-0.15, -0.1) is 0 Å². The highest BCUT2D eigenvalue weighted by Crippen LogP contribution is 2.34. The standard InChI is InChI=1S/C18H21ClN6.CH4/c1-13-8-14(9-16(19)23-13)10-24-7-3-5-18(2,11-24)15-4-6-20-17-21-12-22-25(15)17;/h4,6,8-9,12H,3,5,7,10-11H2,1-2H3;1H4/t18-;/m0./s1. The molecule has 1 atom stereocenters. The van der Waals surface area contributed by atoms with Crippen LogP contribution in [0.3, 0.4) is 0 Å². The minimum Gasteiger partial charge on any atom is -0.298 e. The van der Waals surface area contributed by atoms with Crippen LogP contribution in [0, 0.1) is 6.92 Å². The van der Waals surface area contributed by atoms with Gasteiger partial charge in [-0.1, -0.05) is 26.0 Å². The monoisotopic (exact) mass is 372 g/mol. The van der Waals surface area contributed by atoms with E-state index in [9.17, 15) is 0 Å². The summed E-state index contributed by atoms with van der Waals surface area (Å²) in [5, 5.41) is 4.93. The maximum absolute atomic E-state index is 6.12. The summed E-state index contributed by atoms with van der Waals surface area (Å²) >= 11 is 6.12. The van der Waals surface area contributed by atoms with Crippen molar-refractivity contribution in [3.8, 4) is 0 Å². The van der Waals surface area contributed by atoms with Gasteiger partial charge in [0.05, 0.1) is 5.69 Å². The van der Waals surface area contributed by atoms with Crippen molar-refractivity contribution in [2.24, 2.45) is 0 Å². The van der Waals surface area contributed by atoms with Crippen molar-refractivity contribution in [1.29, 1.82) is 0 Å². The Morgan fingerprint density at radius 1 is 1.27 bits per heavy atom. The fourth-order valence-corrected chi connectivity index (χ4v) is 4.20. The number of pyridine rings is 1. The Morgan fingerprint density at radius 3 is 2.92 bits per heavy atom. The molecule has 3 aromatic heterocycles. The molecule has 1 aliphatic rings. The van der Waals surface area contributed by atoms with Gasteiger partial charge in [0.1, 0.15) is 11.5 Å². The molecule has 1 fully saturated rings. The fraction of sp³-hybridized carbons (Fsp3) is 0.474. The average molecular weight is 373 g/mol. The molecule has 0 spiro atoms. The van der Waals surface area contributed by atoms with E-state index in [0.29, 0.717) is 10.9 Å². The van der Waals surface area contributed by atoms with Gasteiger partial charge in [-0.2, -0.15) is 10.1 Å². The normalized spacial score (nSPS) is 20.9. The molecule has 6 nitrogen and oxygen atoms in total. The molecule has 1 saturated heterocycles. The molecule has 4 heterocycles. The van der Waals surface area contributed by atoms with E-state index in [2.05, 4.69) is 44.0 Å². The Labute approximate surface area is 159 Å². The SMILES string of the molecule is C.Cc1cc(CN2CCC[C@](C)(c3ccnc4ncnn34)C2)cc(Cl)n1. The van der Waals surface area contributed by atoms with Gasteiger partial charge in [0.15, 0.2) is 0 Å². The van der Waals surface area contributed by atoms with Crippen LogP contribution in [-0.2, 0) is 12.0 Å². The highest BCUT2D eigenvalue weighted by atomic mass is 35.5. The van der Waals surface area contributed by atoms with E-state index in [1.54, 1.807) is 6.33 Å². The van der Waals surface area contributed by atoms with E-state index < -0.39 is 0 Å². The van der Waals surface area contributed by atoms with Crippen molar-refractivity contribution >= 4 is 17.4 Å². The molecule has 4 rings (SSSR count). The predicted octanol–water partition coefficient (Wildman–Crippen LogP) is 3.67. The largest absolute Gasteiger partial charge is 0.298 e. The van der Waals surface area contributed by atoms with Gasteiger partial charge in [-0.3, -0.25) is 4.90 Å². The van der Waals surface area contributed by atoms with E-state index in [-0.39, 0.29) is 12.8 Å². The Balaban J connectivity index is 0.00000196. The first-order valence-electron chi connectivity index (χ1n) is 8.54. The van der Waals surface area contributed by atoms with Crippen LogP contribution in [0.4, 0.5) is 0 Å². The number of fused-ring (bicyclic) bond motifs is 1. The summed E-state index contributed by atoms with van der Waals surface area (Å²) in [5.74, 6) is 0.660. The van der Waals surface area contributed by atoms with Crippen LogP contribution in [-0.4, -0.2) is 42.6 Å². The Bertz CT molecular complexity index is 888. The zero-order valence-corrected chi connectivity index (χ0v) is 15.2. The van der Waals surface area contributed by atoms with Crippen molar-refractivity contribution in [1.82, 2.24) is 29.5 Å². The van der Waals surface area contributed by atoms with Crippen LogP contribution in [0.25, 0.3) is 5.78 Å². The molecule has 7 heteroatoms. The van der Waals surface area contributed by atoms with Crippen LogP contribution in [0.5, 0.6) is 0 Å². The van der Waals surface area contributed by atoms with Crippen molar-refractivity contribution in [2.75, 3.05) is 13.1 Å². The third-order valence-corrected chi connectivity index (χ3v) is 5.16. The summed E-state index contributed by atoms with van der Waals surface area (Å²) in [6.07, 6.45) is 5.67. The number of likely N-dealkylation sites (tertiary alicyclic amines) is 1. The maximum atomic E-state index is 6.12. The van der Waals surface area contributed by atoms with Crippen LogP contribution in [0.15, 0.2) is 30.7 Å². The van der Waals surface area contributed by atoms with Gasteiger partial charge in [0, 0.05) is 30.4 Å². The number of rotatable bonds is 3. The summed E-state index contributed by atoms with van der Waals surface area (Å²) < 4.78 is 1.87. The van der Waals surface area contributed by atoms with Gasteiger partial charge in [-0.05, 0) is 50.1 Å². The average Bonchev–Trinajstić information content (AvgIpc) is 3.02. The lowest BCUT2D eigenvalue weighted by molar-refractivity contribution is 0.145. The Kier molecular flexibility index (Phi) is 5.25. The molecule has 0 amide bonds. The van der Waals surface area contributed by atoms with E-state index in [4.69, 9.17) is 11.6 Å². The lowest BCUT2D eigenvalue weighted by Gasteiger charge is -2.40. The van der Waals surface area contributed by atoms with Crippen molar-refractivity contribution in [2.45, 2.75) is 46.1 Å². The van der Waals surface area contributed by atoms with E-state index >= 15 is 0 Å². The number of piperidine rings is 1. The molecule has 3 aromatic rings. The smallest absolute Gasteiger partial charge is 0.252 e. The van der Waals surface area contributed by atoms with Gasteiger partial charge >= 0.3 is 0 Å². The number of nitrogens with zero attached hydrogens (tertiary/aromatic N) is 6. The molecule has 0 unspecified atom stereocenters. The highest BCUT2D eigenvalue weighted by Gasteiger charge is 2.35. The summed E-state index contributed by atoms with van der Waals surface area (Å²) in [6.45, 7) is 7.21. The Morgan fingerprint density at radius 2 is 2.12 bits per heavy atom. The van der Waals surface area contributed by atoms with E-state index in [0.717, 1.165) is 38.2 Å². The summed E-state index contributed by atoms with van der Waals surface area (Å²) in [5.41, 5.74) is 3.35. The molecule has 26 heavy (non-hydrogen) atoms. The first-order valence-corrected chi connectivity index (χ1v) is 8.92. The molecule has 1 aliphatic heterocycles. The number of hydrogen-bond donors (Lipinski definition) is 0. The maximum Gasteiger partial charge on any atom is 0.252 e. The number of aryl methyl sites for hydroxylation is 1. The van der Waals surface area contributed by atoms with Crippen LogP contribution >= 0.6 is 11.6 Å². The highest BCUT2D eigenvalue weighted by molar-refractivity contribution is 6.29. The lowest BCUT2D eigenvalue weighted by Crippen LogP contribution is -2.44. The van der Waals surface area contributed by atoms with Crippen LogP contribution in [0.2, 0.25) is 5.15 Å². The van der Waals surface area contributed by atoms with Gasteiger partial charge in [0.2, 0.25) is 0 Å². The number of hydrogen-bond acceptors (Lipinski definition) is 5. The molecule has 0 bridgehead atoms. The van der Waals surface area contributed by atoms with Gasteiger partial charge in [0.25, 0.3) is 5.78 Å². The van der Waals surface area contributed by atoms with Crippen molar-refractivity contribution in [3.63, 3.8) is 0 Å². The zero-order chi connectivity index (χ0) is 17.4. The molecule has 0 radical (unpaired) electrons. The second-order valence-electron chi connectivity index (χ2n) is 7.12. The fourth-order valence-electron chi connectivity index (χ4n) is 3.93. The molecule has 138 valence electrons. The minimum atomic E-state index is 0. The van der Waals surface area contributed by atoms with Gasteiger partial charge < -0.3 is 0 Å². The molecule has 0 aromatic carbocycles. The van der Waals surface area contributed by atoms with Crippen molar-refractivity contribution < 1.29 is 0 Å². The Hall–Kier alpha value is -2.05. The molecule has 0 saturated carbocycles. The van der Waals surface area contributed by atoms with Crippen LogP contribution in [0.1, 0.15) is 44.1 Å². The quantitative estimate of drug-likeness (QED) is 0.656. The second-order valence-corrected chi connectivity index (χ2v) is 7.50. The first kappa shape index (κ1) is 18.7. The van der Waals surface area contributed by atoms with Crippen LogP contribution < -0.4 is 0 Å². The molecular weight excluding hydrogens is 348 g/mol. The zero-order valence-electron chi connectivity index (χ0n) is 14.5. The third-order valence-electron chi connectivity index (χ3n) is 4.96. The molecular formula is C19H25ClN6. The van der Waals surface area contributed by atoms with E-state index in [1.807, 2.05) is 23.7 Å². The topological polar surface area (TPSA) is 59.2 Å². The van der Waals surface area contributed by atoms with E-state index in [1.165, 1.54) is 11.3 Å². The minimum absolute atomic E-state index is 0. The van der Waals surface area contributed by atoms with Gasteiger partial charge in [-0.25, -0.2) is 14.5 Å². The number of aromatic nitrogens is 5. The predicted molar refractivity (Wildman–Crippen MR) is 103 cm³/mol. The third kappa shape index (κ3) is 3.57. The first-order chi connectivity index (χ1) is 12.0. The number of halogens is 1.